The highest BCUT2D eigenvalue weighted by molar-refractivity contribution is 9.10. The smallest absolute Gasteiger partial charge is 0.247 e. The Morgan fingerprint density at radius 1 is 1.17 bits per heavy atom. The van der Waals surface area contributed by atoms with Gasteiger partial charge in [0.2, 0.25) is 5.89 Å². The minimum atomic E-state index is 0.271. The van der Waals surface area contributed by atoms with Gasteiger partial charge in [-0.05, 0) is 21.5 Å². The van der Waals surface area contributed by atoms with Crippen LogP contribution in [0.1, 0.15) is 11.4 Å². The van der Waals surface area contributed by atoms with E-state index in [2.05, 4.69) is 36.0 Å². The quantitative estimate of drug-likeness (QED) is 0.595. The molecule has 0 fully saturated rings. The van der Waals surface area contributed by atoms with Crippen molar-refractivity contribution in [1.29, 1.82) is 0 Å². The Bertz CT molecular complexity index is 965. The molecule has 4 rings (SSSR count). The van der Waals surface area contributed by atoms with Gasteiger partial charge in [-0.2, -0.15) is 0 Å². The number of benzene rings is 1. The minimum Gasteiger partial charge on any atom is -0.443 e. The van der Waals surface area contributed by atoms with Crippen LogP contribution in [-0.2, 0) is 6.42 Å². The fourth-order valence-corrected chi connectivity index (χ4v) is 2.81. The summed E-state index contributed by atoms with van der Waals surface area (Å²) in [5.74, 6) is 1.30. The van der Waals surface area contributed by atoms with Gasteiger partial charge in [-0.15, -0.1) is 5.10 Å². The molecule has 2 N–H and O–H groups in total. The highest BCUT2D eigenvalue weighted by Gasteiger charge is 2.18. The molecule has 3 heterocycles. The average molecular weight is 371 g/mol. The van der Waals surface area contributed by atoms with Crippen molar-refractivity contribution in [2.45, 2.75) is 6.42 Å². The van der Waals surface area contributed by atoms with Crippen LogP contribution in [0.4, 0.5) is 5.82 Å². The van der Waals surface area contributed by atoms with Gasteiger partial charge in [0.05, 0.1) is 6.20 Å². The van der Waals surface area contributed by atoms with Crippen molar-refractivity contribution in [3.05, 3.63) is 58.8 Å². The zero-order valence-electron chi connectivity index (χ0n) is 11.8. The second-order valence-electron chi connectivity index (χ2n) is 4.90. The van der Waals surface area contributed by atoms with Gasteiger partial charge in [0.25, 0.3) is 0 Å². The molecule has 0 amide bonds. The van der Waals surface area contributed by atoms with Gasteiger partial charge in [-0.3, -0.25) is 0 Å². The van der Waals surface area contributed by atoms with Crippen molar-refractivity contribution in [2.24, 2.45) is 0 Å². The molecule has 0 atom stereocenters. The molecule has 0 spiro atoms. The van der Waals surface area contributed by atoms with E-state index < -0.39 is 0 Å². The van der Waals surface area contributed by atoms with Crippen molar-refractivity contribution < 1.29 is 4.42 Å². The van der Waals surface area contributed by atoms with Gasteiger partial charge in [0.1, 0.15) is 10.9 Å². The Morgan fingerprint density at radius 2 is 2.00 bits per heavy atom. The summed E-state index contributed by atoms with van der Waals surface area (Å²) >= 11 is 3.48. The second kappa shape index (κ2) is 5.47. The number of nitrogen functional groups attached to an aromatic ring is 1. The van der Waals surface area contributed by atoms with E-state index >= 15 is 0 Å². The van der Waals surface area contributed by atoms with Crippen molar-refractivity contribution in [1.82, 2.24) is 24.6 Å². The van der Waals surface area contributed by atoms with Crippen LogP contribution in [0.15, 0.2) is 51.8 Å². The third-order valence-electron chi connectivity index (χ3n) is 3.33. The predicted octanol–water partition coefficient (Wildman–Crippen LogP) is 2.71. The molecule has 7 nitrogen and oxygen atoms in total. The Labute approximate surface area is 139 Å². The van der Waals surface area contributed by atoms with Gasteiger partial charge in [-0.25, -0.2) is 19.5 Å². The molecule has 4 aromatic rings. The normalized spacial score (nSPS) is 11.2. The lowest BCUT2D eigenvalue weighted by atomic mass is 10.1. The lowest BCUT2D eigenvalue weighted by Gasteiger charge is -2.03. The fraction of sp³-hybridized carbons (Fsp3) is 0.0667. The third-order valence-corrected chi connectivity index (χ3v) is 4.05. The fourth-order valence-electron chi connectivity index (χ4n) is 2.30. The molecule has 0 aliphatic rings. The molecule has 0 bridgehead atoms. The second-order valence-corrected chi connectivity index (χ2v) is 5.65. The number of oxazole rings is 1. The maximum Gasteiger partial charge on any atom is 0.247 e. The lowest BCUT2D eigenvalue weighted by molar-refractivity contribution is 0.570. The zero-order chi connectivity index (χ0) is 15.8. The molecule has 3 aromatic heterocycles. The molecule has 23 heavy (non-hydrogen) atoms. The van der Waals surface area contributed by atoms with Crippen LogP contribution >= 0.6 is 15.9 Å². The van der Waals surface area contributed by atoms with E-state index in [-0.39, 0.29) is 5.82 Å². The van der Waals surface area contributed by atoms with Crippen LogP contribution < -0.4 is 5.73 Å². The van der Waals surface area contributed by atoms with Crippen LogP contribution in [-0.4, -0.2) is 24.6 Å². The Balaban J connectivity index is 1.82. The summed E-state index contributed by atoms with van der Waals surface area (Å²) in [6, 6.07) is 10.00. The summed E-state index contributed by atoms with van der Waals surface area (Å²) in [6.07, 6.45) is 3.64. The van der Waals surface area contributed by atoms with Gasteiger partial charge in [-0.1, -0.05) is 30.3 Å². The van der Waals surface area contributed by atoms with Crippen LogP contribution in [0.25, 0.3) is 17.2 Å². The van der Waals surface area contributed by atoms with Crippen LogP contribution in [0, 0.1) is 0 Å². The number of halogens is 1. The summed E-state index contributed by atoms with van der Waals surface area (Å²) in [4.78, 5) is 12.9. The summed E-state index contributed by atoms with van der Waals surface area (Å²) in [5.41, 5.74) is 8.12. The van der Waals surface area contributed by atoms with E-state index in [4.69, 9.17) is 10.2 Å². The standard InChI is InChI=1S/C15H11BrN6O/c16-12-11(15-18-6-7-23-15)20-13(17)14-19-10(21-22(12)14)8-9-4-2-1-3-5-9/h1-7H,8H2,(H2,17,20). The average Bonchev–Trinajstić information content (AvgIpc) is 3.21. The first kappa shape index (κ1) is 13.9. The largest absolute Gasteiger partial charge is 0.443 e. The van der Waals surface area contributed by atoms with Gasteiger partial charge >= 0.3 is 0 Å². The lowest BCUT2D eigenvalue weighted by Crippen LogP contribution is -2.02. The van der Waals surface area contributed by atoms with Gasteiger partial charge in [0, 0.05) is 6.42 Å². The predicted molar refractivity (Wildman–Crippen MR) is 87.6 cm³/mol. The van der Waals surface area contributed by atoms with E-state index in [0.29, 0.717) is 34.1 Å². The van der Waals surface area contributed by atoms with Crippen LogP contribution in [0.2, 0.25) is 0 Å². The van der Waals surface area contributed by atoms with Crippen molar-refractivity contribution in [3.8, 4) is 11.6 Å². The monoisotopic (exact) mass is 370 g/mol. The number of rotatable bonds is 3. The van der Waals surface area contributed by atoms with Crippen LogP contribution in [0.3, 0.4) is 0 Å². The molecule has 114 valence electrons. The molecule has 0 saturated carbocycles. The number of anilines is 1. The number of nitrogens with zero attached hydrogens (tertiary/aromatic N) is 5. The SMILES string of the molecule is Nc1nc(-c2ncco2)c(Br)n2nc(Cc3ccccc3)nc12. The first-order valence-corrected chi connectivity index (χ1v) is 7.66. The van der Waals surface area contributed by atoms with Crippen molar-refractivity contribution in [3.63, 3.8) is 0 Å². The molecule has 8 heteroatoms. The van der Waals surface area contributed by atoms with E-state index in [9.17, 15) is 0 Å². The van der Waals surface area contributed by atoms with E-state index in [1.807, 2.05) is 30.3 Å². The van der Waals surface area contributed by atoms with E-state index in [1.54, 1.807) is 10.7 Å². The van der Waals surface area contributed by atoms with E-state index in [0.717, 1.165) is 5.56 Å². The Morgan fingerprint density at radius 3 is 2.74 bits per heavy atom. The summed E-state index contributed by atoms with van der Waals surface area (Å²) in [5, 5.41) is 4.51. The highest BCUT2D eigenvalue weighted by Crippen LogP contribution is 2.28. The number of hydrogen-bond acceptors (Lipinski definition) is 6. The van der Waals surface area contributed by atoms with Gasteiger partial charge in [0.15, 0.2) is 23.0 Å². The highest BCUT2D eigenvalue weighted by atomic mass is 79.9. The first-order chi connectivity index (χ1) is 11.2. The van der Waals surface area contributed by atoms with Gasteiger partial charge < -0.3 is 10.2 Å². The number of aromatic nitrogens is 5. The molecule has 0 aliphatic carbocycles. The summed E-state index contributed by atoms with van der Waals surface area (Å²) < 4.78 is 7.49. The summed E-state index contributed by atoms with van der Waals surface area (Å²) in [6.45, 7) is 0. The molecular formula is C15H11BrN6O. The van der Waals surface area contributed by atoms with E-state index in [1.165, 1.54) is 6.26 Å². The molecule has 1 aromatic carbocycles. The maximum absolute atomic E-state index is 6.01. The first-order valence-electron chi connectivity index (χ1n) is 6.87. The topological polar surface area (TPSA) is 95.1 Å². The summed E-state index contributed by atoms with van der Waals surface area (Å²) in [7, 11) is 0. The third kappa shape index (κ3) is 2.46. The van der Waals surface area contributed by atoms with Crippen molar-refractivity contribution in [2.75, 3.05) is 5.73 Å². The number of fused-ring (bicyclic) bond motifs is 1. The van der Waals surface area contributed by atoms with Crippen LogP contribution in [0.5, 0.6) is 0 Å². The Hall–Kier alpha value is -2.74. The van der Waals surface area contributed by atoms with Crippen molar-refractivity contribution >= 4 is 27.4 Å². The molecule has 0 saturated heterocycles. The molecule has 0 unspecified atom stereocenters. The molecular weight excluding hydrogens is 360 g/mol. The molecule has 0 radical (unpaired) electrons. The molecule has 0 aliphatic heterocycles. The number of nitrogens with two attached hydrogens (primary N) is 1. The zero-order valence-corrected chi connectivity index (χ0v) is 13.4. The maximum atomic E-state index is 6.01. The minimum absolute atomic E-state index is 0.271. The number of hydrogen-bond donors (Lipinski definition) is 1. The Kier molecular flexibility index (Phi) is 3.30.